The van der Waals surface area contributed by atoms with Crippen LogP contribution in [0.4, 0.5) is 0 Å². The summed E-state index contributed by atoms with van der Waals surface area (Å²) in [6, 6.07) is 9.01. The van der Waals surface area contributed by atoms with Crippen LogP contribution in [-0.4, -0.2) is 33.2 Å². The predicted octanol–water partition coefficient (Wildman–Crippen LogP) is 3.32. The molecule has 0 spiro atoms. The topological polar surface area (TPSA) is 178 Å². The van der Waals surface area contributed by atoms with E-state index in [4.69, 9.17) is 28.2 Å². The van der Waals surface area contributed by atoms with E-state index in [1.54, 1.807) is 0 Å². The maximum Gasteiger partial charge on any atom is 0.372 e. The van der Waals surface area contributed by atoms with E-state index in [9.17, 15) is 24.3 Å². The standard InChI is InChI=1S/C21H12O11/c22-17-11-3-1-9(29-8-10-2-4-13(30-10)19(23)24)7-15(11)32-18(21(27)28)16(17)12-5-6-14(31-12)20(25)26/h1-7H,8H2,(H,23,24)(H,25,26)(H,27,28). The number of furan rings is 2. The molecule has 0 aliphatic heterocycles. The first-order valence-corrected chi connectivity index (χ1v) is 8.87. The van der Waals surface area contributed by atoms with Gasteiger partial charge in [0.15, 0.2) is 0 Å². The molecular formula is C21H12O11. The van der Waals surface area contributed by atoms with E-state index in [0.717, 1.165) is 6.07 Å². The Morgan fingerprint density at radius 2 is 1.50 bits per heavy atom. The molecule has 162 valence electrons. The molecule has 3 aromatic heterocycles. The SMILES string of the molecule is O=C(O)c1ccc(COc2ccc3c(=O)c(-c4ccc(C(=O)O)o4)c(C(=O)O)oc3c2)o1. The molecule has 3 heterocycles. The average molecular weight is 440 g/mol. The van der Waals surface area contributed by atoms with Crippen molar-refractivity contribution in [3.63, 3.8) is 0 Å². The normalized spacial score (nSPS) is 10.9. The Morgan fingerprint density at radius 3 is 2.12 bits per heavy atom. The number of aromatic carboxylic acids is 3. The van der Waals surface area contributed by atoms with Gasteiger partial charge in [-0.05, 0) is 36.4 Å². The van der Waals surface area contributed by atoms with Crippen LogP contribution in [0.1, 0.15) is 37.4 Å². The van der Waals surface area contributed by atoms with Gasteiger partial charge in [0.1, 0.15) is 35.0 Å². The molecule has 0 aliphatic rings. The Bertz CT molecular complexity index is 1430. The lowest BCUT2D eigenvalue weighted by molar-refractivity contribution is 0.0648. The molecule has 11 nitrogen and oxygen atoms in total. The second-order valence-corrected chi connectivity index (χ2v) is 6.43. The minimum atomic E-state index is -1.56. The zero-order chi connectivity index (χ0) is 23.0. The van der Waals surface area contributed by atoms with Gasteiger partial charge in [-0.15, -0.1) is 0 Å². The zero-order valence-corrected chi connectivity index (χ0v) is 15.9. The number of rotatable bonds is 7. The molecule has 0 unspecified atom stereocenters. The predicted molar refractivity (Wildman–Crippen MR) is 104 cm³/mol. The smallest absolute Gasteiger partial charge is 0.372 e. The minimum Gasteiger partial charge on any atom is -0.486 e. The van der Waals surface area contributed by atoms with Crippen LogP contribution in [0.2, 0.25) is 0 Å². The van der Waals surface area contributed by atoms with Gasteiger partial charge in [-0.1, -0.05) is 0 Å². The van der Waals surface area contributed by atoms with Gasteiger partial charge in [-0.3, -0.25) is 4.79 Å². The van der Waals surface area contributed by atoms with E-state index in [1.807, 2.05) is 0 Å². The number of benzene rings is 1. The van der Waals surface area contributed by atoms with E-state index in [0.29, 0.717) is 0 Å². The van der Waals surface area contributed by atoms with Crippen molar-refractivity contribution in [1.29, 1.82) is 0 Å². The van der Waals surface area contributed by atoms with Crippen molar-refractivity contribution in [2.75, 3.05) is 0 Å². The fraction of sp³-hybridized carbons (Fsp3) is 0.0476. The van der Waals surface area contributed by atoms with Crippen LogP contribution >= 0.6 is 0 Å². The summed E-state index contributed by atoms with van der Waals surface area (Å²) in [5, 5.41) is 27.4. The zero-order valence-electron chi connectivity index (χ0n) is 15.9. The molecule has 0 saturated carbocycles. The van der Waals surface area contributed by atoms with Gasteiger partial charge in [-0.2, -0.15) is 0 Å². The molecule has 11 heteroatoms. The number of fused-ring (bicyclic) bond motifs is 1. The summed E-state index contributed by atoms with van der Waals surface area (Å²) in [6.07, 6.45) is 0. The lowest BCUT2D eigenvalue weighted by Gasteiger charge is -2.08. The van der Waals surface area contributed by atoms with Crippen LogP contribution in [0.3, 0.4) is 0 Å². The Balaban J connectivity index is 1.72. The van der Waals surface area contributed by atoms with E-state index < -0.39 is 40.4 Å². The first-order chi connectivity index (χ1) is 15.2. The highest BCUT2D eigenvalue weighted by Gasteiger charge is 2.25. The van der Waals surface area contributed by atoms with Crippen molar-refractivity contribution >= 4 is 28.9 Å². The number of carboxylic acids is 3. The first-order valence-electron chi connectivity index (χ1n) is 8.87. The van der Waals surface area contributed by atoms with Gasteiger partial charge in [0.25, 0.3) is 0 Å². The third-order valence-electron chi connectivity index (χ3n) is 4.37. The van der Waals surface area contributed by atoms with E-state index in [1.165, 1.54) is 36.4 Å². The quantitative estimate of drug-likeness (QED) is 0.384. The highest BCUT2D eigenvalue weighted by Crippen LogP contribution is 2.28. The average Bonchev–Trinajstić information content (AvgIpc) is 3.42. The van der Waals surface area contributed by atoms with Gasteiger partial charge in [0.05, 0.1) is 5.39 Å². The molecule has 0 amide bonds. The molecule has 0 bridgehead atoms. The first kappa shape index (κ1) is 20.5. The van der Waals surface area contributed by atoms with E-state index in [2.05, 4.69) is 0 Å². The Labute approximate surface area is 176 Å². The van der Waals surface area contributed by atoms with Crippen molar-refractivity contribution < 1.29 is 47.7 Å². The fourth-order valence-corrected chi connectivity index (χ4v) is 2.95. The largest absolute Gasteiger partial charge is 0.486 e. The van der Waals surface area contributed by atoms with Crippen LogP contribution in [0.5, 0.6) is 5.75 Å². The van der Waals surface area contributed by atoms with Gasteiger partial charge in [-0.25, -0.2) is 14.4 Å². The molecule has 0 atom stereocenters. The van der Waals surface area contributed by atoms with Crippen LogP contribution < -0.4 is 10.2 Å². The summed E-state index contributed by atoms with van der Waals surface area (Å²) in [5.74, 6) is -5.46. The summed E-state index contributed by atoms with van der Waals surface area (Å²) in [7, 11) is 0. The van der Waals surface area contributed by atoms with Crippen LogP contribution in [0.25, 0.3) is 22.3 Å². The summed E-state index contributed by atoms with van der Waals surface area (Å²) in [6.45, 7) is -0.128. The number of carboxylic acid groups (broad SMARTS) is 3. The summed E-state index contributed by atoms with van der Waals surface area (Å²) >= 11 is 0. The van der Waals surface area contributed by atoms with Crippen molar-refractivity contribution in [3.05, 3.63) is 75.7 Å². The van der Waals surface area contributed by atoms with Crippen molar-refractivity contribution in [1.82, 2.24) is 0 Å². The second kappa shape index (κ2) is 7.80. The van der Waals surface area contributed by atoms with Gasteiger partial charge in [0, 0.05) is 6.07 Å². The highest BCUT2D eigenvalue weighted by atomic mass is 16.5. The molecule has 0 aliphatic carbocycles. The van der Waals surface area contributed by atoms with E-state index in [-0.39, 0.29) is 40.6 Å². The molecular weight excluding hydrogens is 428 g/mol. The molecule has 0 saturated heterocycles. The maximum atomic E-state index is 12.9. The molecule has 3 N–H and O–H groups in total. The lowest BCUT2D eigenvalue weighted by atomic mass is 10.1. The molecule has 0 fully saturated rings. The van der Waals surface area contributed by atoms with Gasteiger partial charge >= 0.3 is 17.9 Å². The fourth-order valence-electron chi connectivity index (χ4n) is 2.95. The second-order valence-electron chi connectivity index (χ2n) is 6.43. The minimum absolute atomic E-state index is 0.0109. The molecule has 32 heavy (non-hydrogen) atoms. The monoisotopic (exact) mass is 440 g/mol. The van der Waals surface area contributed by atoms with Crippen molar-refractivity contribution in [3.8, 4) is 17.1 Å². The van der Waals surface area contributed by atoms with Gasteiger partial charge < -0.3 is 33.3 Å². The molecule has 1 aromatic carbocycles. The van der Waals surface area contributed by atoms with Crippen LogP contribution in [0.15, 0.2) is 60.5 Å². The van der Waals surface area contributed by atoms with Crippen molar-refractivity contribution in [2.24, 2.45) is 0 Å². The Morgan fingerprint density at radius 1 is 0.812 bits per heavy atom. The highest BCUT2D eigenvalue weighted by molar-refractivity contribution is 5.96. The summed E-state index contributed by atoms with van der Waals surface area (Å²) in [4.78, 5) is 46.5. The molecule has 0 radical (unpaired) electrons. The number of hydrogen-bond acceptors (Lipinski definition) is 8. The summed E-state index contributed by atoms with van der Waals surface area (Å²) < 4.78 is 21.1. The summed E-state index contributed by atoms with van der Waals surface area (Å²) in [5.41, 5.74) is -1.26. The number of hydrogen-bond donors (Lipinski definition) is 3. The Kier molecular flexibility index (Phi) is 4.99. The maximum absolute atomic E-state index is 12.9. The molecule has 4 rings (SSSR count). The number of ether oxygens (including phenoxy) is 1. The molecule has 4 aromatic rings. The van der Waals surface area contributed by atoms with E-state index >= 15 is 0 Å². The number of carbonyl (C=O) groups is 3. The third kappa shape index (κ3) is 3.69. The van der Waals surface area contributed by atoms with Crippen LogP contribution in [-0.2, 0) is 6.61 Å². The Hall–Kier alpha value is -4.80. The van der Waals surface area contributed by atoms with Crippen LogP contribution in [0, 0.1) is 0 Å². The van der Waals surface area contributed by atoms with Gasteiger partial charge in [0.2, 0.25) is 22.7 Å². The lowest BCUT2D eigenvalue weighted by Crippen LogP contribution is -2.12. The third-order valence-corrected chi connectivity index (χ3v) is 4.37. The van der Waals surface area contributed by atoms with Crippen molar-refractivity contribution in [2.45, 2.75) is 6.61 Å².